The first kappa shape index (κ1) is 12.7. The van der Waals surface area contributed by atoms with Crippen molar-refractivity contribution in [3.05, 3.63) is 21.9 Å². The van der Waals surface area contributed by atoms with Gasteiger partial charge in [0, 0.05) is 5.38 Å². The summed E-state index contributed by atoms with van der Waals surface area (Å²) in [6.45, 7) is 5.07. The highest BCUT2D eigenvalue weighted by atomic mass is 32.1. The molecule has 4 nitrogen and oxygen atoms in total. The smallest absolute Gasteiger partial charge is 0.329 e. The zero-order valence-electron chi connectivity index (χ0n) is 9.53. The van der Waals surface area contributed by atoms with Gasteiger partial charge in [0.25, 0.3) is 5.91 Å². The lowest BCUT2D eigenvalue weighted by Gasteiger charge is -2.24. The molecule has 1 atom stereocenters. The average Bonchev–Trinajstić information content (AvgIpc) is 2.64. The van der Waals surface area contributed by atoms with Crippen LogP contribution in [0.2, 0.25) is 0 Å². The van der Waals surface area contributed by atoms with E-state index in [0.29, 0.717) is 12.0 Å². The maximum absolute atomic E-state index is 11.8. The zero-order chi connectivity index (χ0) is 12.3. The second-order valence-corrected chi connectivity index (χ2v) is 4.66. The molecule has 0 saturated heterocycles. The number of carbonyl (C=O) groups excluding carboxylic acids is 1. The Kier molecular flexibility index (Phi) is 3.70. The van der Waals surface area contributed by atoms with Crippen LogP contribution in [0, 0.1) is 6.92 Å². The molecule has 0 bridgehead atoms. The van der Waals surface area contributed by atoms with Crippen LogP contribution in [0.1, 0.15) is 36.2 Å². The van der Waals surface area contributed by atoms with E-state index in [-0.39, 0.29) is 5.91 Å². The Morgan fingerprint density at radius 2 is 2.12 bits per heavy atom. The van der Waals surface area contributed by atoms with Gasteiger partial charge in [-0.15, -0.1) is 0 Å². The van der Waals surface area contributed by atoms with Crippen LogP contribution in [0.3, 0.4) is 0 Å². The van der Waals surface area contributed by atoms with Crippen molar-refractivity contribution in [3.63, 3.8) is 0 Å². The lowest BCUT2D eigenvalue weighted by atomic mass is 9.98. The maximum Gasteiger partial charge on any atom is 0.329 e. The van der Waals surface area contributed by atoms with Crippen molar-refractivity contribution in [2.24, 2.45) is 0 Å². The minimum atomic E-state index is -1.20. The van der Waals surface area contributed by atoms with Crippen LogP contribution < -0.4 is 5.32 Å². The van der Waals surface area contributed by atoms with Crippen molar-refractivity contribution in [2.45, 2.75) is 32.7 Å². The summed E-state index contributed by atoms with van der Waals surface area (Å²) in [6.07, 6.45) is 0.345. The zero-order valence-corrected chi connectivity index (χ0v) is 10.4. The number of hydrogen-bond donors (Lipinski definition) is 2. The predicted octanol–water partition coefficient (Wildman–Crippen LogP) is 2.04. The predicted molar refractivity (Wildman–Crippen MR) is 62.9 cm³/mol. The van der Waals surface area contributed by atoms with Gasteiger partial charge < -0.3 is 10.4 Å². The van der Waals surface area contributed by atoms with Gasteiger partial charge in [-0.3, -0.25) is 4.79 Å². The van der Waals surface area contributed by atoms with Crippen LogP contribution >= 0.6 is 11.3 Å². The molecule has 1 unspecified atom stereocenters. The summed E-state index contributed by atoms with van der Waals surface area (Å²) in [4.78, 5) is 22.9. The first-order chi connectivity index (χ1) is 7.40. The number of aliphatic carboxylic acids is 1. The van der Waals surface area contributed by atoms with Crippen molar-refractivity contribution in [3.8, 4) is 0 Å². The number of thiophene rings is 1. The molecule has 1 heterocycles. The number of carboxylic acids is 1. The molecule has 1 amide bonds. The fourth-order valence-electron chi connectivity index (χ4n) is 1.20. The largest absolute Gasteiger partial charge is 0.480 e. The number of carboxylic acid groups (broad SMARTS) is 1. The highest BCUT2D eigenvalue weighted by Crippen LogP contribution is 2.16. The summed E-state index contributed by atoms with van der Waals surface area (Å²) < 4.78 is 0. The summed E-state index contributed by atoms with van der Waals surface area (Å²) in [7, 11) is 0. The van der Waals surface area contributed by atoms with Gasteiger partial charge in [-0.2, -0.15) is 11.3 Å². The normalized spacial score (nSPS) is 14.2. The van der Waals surface area contributed by atoms with Gasteiger partial charge in [-0.05, 0) is 31.2 Å². The van der Waals surface area contributed by atoms with Crippen molar-refractivity contribution in [1.82, 2.24) is 5.32 Å². The Morgan fingerprint density at radius 1 is 1.50 bits per heavy atom. The molecule has 0 aliphatic carbocycles. The molecule has 2 N–H and O–H groups in total. The number of hydrogen-bond acceptors (Lipinski definition) is 3. The third kappa shape index (κ3) is 2.41. The Balaban J connectivity index is 2.86. The lowest BCUT2D eigenvalue weighted by Crippen LogP contribution is -2.51. The highest BCUT2D eigenvalue weighted by molar-refractivity contribution is 7.08. The molecule has 5 heteroatoms. The van der Waals surface area contributed by atoms with Gasteiger partial charge >= 0.3 is 5.97 Å². The van der Waals surface area contributed by atoms with E-state index < -0.39 is 11.5 Å². The summed E-state index contributed by atoms with van der Waals surface area (Å²) in [5.74, 6) is -1.35. The van der Waals surface area contributed by atoms with Crippen molar-refractivity contribution >= 4 is 23.2 Å². The molecule has 0 radical (unpaired) electrons. The summed E-state index contributed by atoms with van der Waals surface area (Å²) in [6, 6.07) is 0. The van der Waals surface area contributed by atoms with Crippen LogP contribution in [0.25, 0.3) is 0 Å². The van der Waals surface area contributed by atoms with E-state index in [0.717, 1.165) is 5.56 Å². The van der Waals surface area contributed by atoms with E-state index in [1.807, 2.05) is 12.3 Å². The molecule has 1 aromatic heterocycles. The number of carbonyl (C=O) groups is 2. The van der Waals surface area contributed by atoms with Crippen molar-refractivity contribution < 1.29 is 14.7 Å². The fourth-order valence-corrected chi connectivity index (χ4v) is 2.03. The molecule has 1 aromatic rings. The second-order valence-electron chi connectivity index (χ2n) is 3.91. The standard InChI is InChI=1S/C11H15NO3S/c1-4-11(3,10(14)15)12-9(13)8-6-16-5-7(8)2/h5-6H,4H2,1-3H3,(H,12,13)(H,14,15). The first-order valence-electron chi connectivity index (χ1n) is 4.99. The minimum Gasteiger partial charge on any atom is -0.480 e. The van der Waals surface area contributed by atoms with Crippen molar-refractivity contribution in [1.29, 1.82) is 0 Å². The number of rotatable bonds is 4. The van der Waals surface area contributed by atoms with Gasteiger partial charge in [-0.25, -0.2) is 4.79 Å². The van der Waals surface area contributed by atoms with E-state index in [1.165, 1.54) is 18.3 Å². The van der Waals surface area contributed by atoms with Crippen LogP contribution in [0.4, 0.5) is 0 Å². The van der Waals surface area contributed by atoms with Gasteiger partial charge in [0.1, 0.15) is 5.54 Å². The third-order valence-electron chi connectivity index (χ3n) is 2.67. The Morgan fingerprint density at radius 3 is 2.50 bits per heavy atom. The molecule has 0 aliphatic rings. The summed E-state index contributed by atoms with van der Waals surface area (Å²) >= 11 is 1.43. The average molecular weight is 241 g/mol. The van der Waals surface area contributed by atoms with Crippen LogP contribution in [-0.4, -0.2) is 22.5 Å². The van der Waals surface area contributed by atoms with Gasteiger partial charge in [0.15, 0.2) is 0 Å². The molecule has 0 saturated carbocycles. The summed E-state index contributed by atoms with van der Waals surface area (Å²) in [5.41, 5.74) is 0.211. The second kappa shape index (κ2) is 4.65. The third-order valence-corrected chi connectivity index (χ3v) is 3.53. The fraction of sp³-hybridized carbons (Fsp3) is 0.455. The molecule has 88 valence electrons. The van der Waals surface area contributed by atoms with Crippen LogP contribution in [-0.2, 0) is 4.79 Å². The maximum atomic E-state index is 11.8. The molecular formula is C11H15NO3S. The van der Waals surface area contributed by atoms with Gasteiger partial charge in [-0.1, -0.05) is 6.92 Å². The summed E-state index contributed by atoms with van der Waals surface area (Å²) in [5, 5.41) is 15.2. The molecule has 0 aromatic carbocycles. The van der Waals surface area contributed by atoms with E-state index in [1.54, 1.807) is 12.3 Å². The van der Waals surface area contributed by atoms with E-state index >= 15 is 0 Å². The van der Waals surface area contributed by atoms with Crippen LogP contribution in [0.5, 0.6) is 0 Å². The first-order valence-corrected chi connectivity index (χ1v) is 5.93. The number of nitrogens with one attached hydrogen (secondary N) is 1. The molecule has 0 spiro atoms. The van der Waals surface area contributed by atoms with E-state index in [9.17, 15) is 9.59 Å². The lowest BCUT2D eigenvalue weighted by molar-refractivity contribution is -0.143. The van der Waals surface area contributed by atoms with Gasteiger partial charge in [0.05, 0.1) is 5.56 Å². The quantitative estimate of drug-likeness (QED) is 0.847. The molecule has 0 fully saturated rings. The Bertz CT molecular complexity index is 413. The molecule has 16 heavy (non-hydrogen) atoms. The topological polar surface area (TPSA) is 66.4 Å². The Hall–Kier alpha value is -1.36. The molecule has 1 rings (SSSR count). The van der Waals surface area contributed by atoms with Crippen LogP contribution in [0.15, 0.2) is 10.8 Å². The Labute approximate surface area is 98.3 Å². The van der Waals surface area contributed by atoms with Crippen molar-refractivity contribution in [2.75, 3.05) is 0 Å². The molecular weight excluding hydrogens is 226 g/mol. The number of aryl methyl sites for hydroxylation is 1. The van der Waals surface area contributed by atoms with E-state index in [4.69, 9.17) is 5.11 Å². The number of amides is 1. The monoisotopic (exact) mass is 241 g/mol. The van der Waals surface area contributed by atoms with Gasteiger partial charge in [0.2, 0.25) is 0 Å². The molecule has 0 aliphatic heterocycles. The van der Waals surface area contributed by atoms with E-state index in [2.05, 4.69) is 5.32 Å². The minimum absolute atomic E-state index is 0.328. The highest BCUT2D eigenvalue weighted by Gasteiger charge is 2.33. The SMILES string of the molecule is CCC(C)(NC(=O)c1cscc1C)C(=O)O.